The monoisotopic (exact) mass is 207 g/mol. The van der Waals surface area contributed by atoms with E-state index < -0.39 is 0 Å². The van der Waals surface area contributed by atoms with Crippen LogP contribution in [0.15, 0.2) is 6.20 Å². The second kappa shape index (κ2) is 3.60. The first kappa shape index (κ1) is 9.50. The molecule has 2 aromatic rings. The third kappa shape index (κ3) is 1.90. The van der Waals surface area contributed by atoms with Crippen LogP contribution < -0.4 is 11.1 Å². The number of aromatic amines is 1. The van der Waals surface area contributed by atoms with Crippen molar-refractivity contribution in [3.05, 3.63) is 17.5 Å². The fraction of sp³-hybridized carbons (Fsp3) is 0.375. The van der Waals surface area contributed by atoms with E-state index in [9.17, 15) is 0 Å². The van der Waals surface area contributed by atoms with Gasteiger partial charge in [0.1, 0.15) is 0 Å². The summed E-state index contributed by atoms with van der Waals surface area (Å²) in [6.45, 7) is 2.65. The minimum absolute atomic E-state index is 0.306. The number of nitrogens with two attached hydrogens (primary N) is 1. The summed E-state index contributed by atoms with van der Waals surface area (Å²) in [4.78, 5) is 3.94. The van der Waals surface area contributed by atoms with Gasteiger partial charge in [-0.15, -0.1) is 5.10 Å². The van der Waals surface area contributed by atoms with Gasteiger partial charge in [0.2, 0.25) is 11.9 Å². The average molecular weight is 207 g/mol. The van der Waals surface area contributed by atoms with E-state index in [0.29, 0.717) is 18.4 Å². The van der Waals surface area contributed by atoms with Gasteiger partial charge < -0.3 is 11.1 Å². The number of nitrogen functional groups attached to an aromatic ring is 1. The van der Waals surface area contributed by atoms with Gasteiger partial charge in [-0.3, -0.25) is 4.68 Å². The highest BCUT2D eigenvalue weighted by atomic mass is 15.3. The molecule has 7 heteroatoms. The van der Waals surface area contributed by atoms with Gasteiger partial charge in [0.25, 0.3) is 0 Å². The van der Waals surface area contributed by atoms with Crippen LogP contribution in [0.2, 0.25) is 0 Å². The van der Waals surface area contributed by atoms with E-state index in [1.807, 2.05) is 24.9 Å². The molecule has 2 aromatic heterocycles. The number of nitrogens with one attached hydrogen (secondary N) is 2. The molecule has 15 heavy (non-hydrogen) atoms. The standard InChI is InChI=1S/C8H13N7/c1-5-6(4-11-15(5)2)3-10-8-12-7(9)13-14-8/h4H,3H2,1-2H3,(H4,9,10,12,13,14). The van der Waals surface area contributed by atoms with Crippen LogP contribution in [0.3, 0.4) is 0 Å². The molecule has 0 aliphatic carbocycles. The molecule has 0 spiro atoms. The lowest BCUT2D eigenvalue weighted by Gasteiger charge is -2.00. The molecule has 0 saturated heterocycles. The number of anilines is 2. The third-order valence-corrected chi connectivity index (χ3v) is 2.28. The third-order valence-electron chi connectivity index (χ3n) is 2.28. The van der Waals surface area contributed by atoms with E-state index in [1.165, 1.54) is 0 Å². The number of H-pyrrole nitrogens is 1. The van der Waals surface area contributed by atoms with E-state index in [1.54, 1.807) is 0 Å². The first-order chi connectivity index (χ1) is 7.16. The number of rotatable bonds is 3. The zero-order valence-electron chi connectivity index (χ0n) is 8.65. The van der Waals surface area contributed by atoms with Crippen LogP contribution in [0.1, 0.15) is 11.3 Å². The number of hydrogen-bond donors (Lipinski definition) is 3. The first-order valence-electron chi connectivity index (χ1n) is 4.56. The van der Waals surface area contributed by atoms with Gasteiger partial charge in [0.15, 0.2) is 0 Å². The molecule has 7 nitrogen and oxygen atoms in total. The van der Waals surface area contributed by atoms with E-state index >= 15 is 0 Å². The molecule has 2 rings (SSSR count). The Morgan fingerprint density at radius 1 is 1.60 bits per heavy atom. The molecule has 0 radical (unpaired) electrons. The number of aryl methyl sites for hydroxylation is 1. The summed E-state index contributed by atoms with van der Waals surface area (Å²) in [5.74, 6) is 0.802. The quantitative estimate of drug-likeness (QED) is 0.660. The maximum Gasteiger partial charge on any atom is 0.243 e. The number of hydrogen-bond acceptors (Lipinski definition) is 5. The van der Waals surface area contributed by atoms with Crippen molar-refractivity contribution in [1.82, 2.24) is 25.0 Å². The lowest BCUT2D eigenvalue weighted by molar-refractivity contribution is 0.738. The zero-order valence-corrected chi connectivity index (χ0v) is 8.65. The summed E-state index contributed by atoms with van der Waals surface area (Å²) in [6.07, 6.45) is 1.82. The number of nitrogens with zero attached hydrogens (tertiary/aromatic N) is 4. The molecule has 0 aromatic carbocycles. The topological polar surface area (TPSA) is 97.4 Å². The summed E-state index contributed by atoms with van der Waals surface area (Å²) < 4.78 is 1.82. The minimum atomic E-state index is 0.306. The van der Waals surface area contributed by atoms with Crippen LogP contribution in [0.5, 0.6) is 0 Å². The molecule has 2 heterocycles. The molecule has 0 saturated carbocycles. The Morgan fingerprint density at radius 2 is 2.40 bits per heavy atom. The Bertz CT molecular complexity index is 455. The van der Waals surface area contributed by atoms with Crippen molar-refractivity contribution >= 4 is 11.9 Å². The smallest absolute Gasteiger partial charge is 0.243 e. The lowest BCUT2D eigenvalue weighted by atomic mass is 10.2. The maximum absolute atomic E-state index is 5.40. The van der Waals surface area contributed by atoms with Gasteiger partial charge in [0.05, 0.1) is 6.20 Å². The largest absolute Gasteiger partial charge is 0.368 e. The van der Waals surface area contributed by atoms with E-state index in [4.69, 9.17) is 5.73 Å². The van der Waals surface area contributed by atoms with E-state index in [0.717, 1.165) is 11.3 Å². The average Bonchev–Trinajstić information content (AvgIpc) is 2.74. The first-order valence-corrected chi connectivity index (χ1v) is 4.56. The lowest BCUT2D eigenvalue weighted by Crippen LogP contribution is -2.02. The predicted octanol–water partition coefficient (Wildman–Crippen LogP) is 0.0409. The second-order valence-corrected chi connectivity index (χ2v) is 3.28. The summed E-state index contributed by atoms with van der Waals surface area (Å²) >= 11 is 0. The number of aromatic nitrogens is 5. The normalized spacial score (nSPS) is 10.5. The molecular formula is C8H13N7. The highest BCUT2D eigenvalue weighted by molar-refractivity contribution is 5.31. The molecule has 0 atom stereocenters. The second-order valence-electron chi connectivity index (χ2n) is 3.28. The van der Waals surface area contributed by atoms with Gasteiger partial charge in [0, 0.05) is 24.8 Å². The van der Waals surface area contributed by atoms with Crippen molar-refractivity contribution in [2.45, 2.75) is 13.5 Å². The summed E-state index contributed by atoms with van der Waals surface area (Å²) in [6, 6.07) is 0. The van der Waals surface area contributed by atoms with Gasteiger partial charge in [-0.05, 0) is 6.92 Å². The maximum atomic E-state index is 5.40. The predicted molar refractivity (Wildman–Crippen MR) is 56.1 cm³/mol. The molecule has 0 aliphatic rings. The van der Waals surface area contributed by atoms with Crippen LogP contribution >= 0.6 is 0 Å². The minimum Gasteiger partial charge on any atom is -0.368 e. The van der Waals surface area contributed by atoms with E-state index in [-0.39, 0.29) is 0 Å². The van der Waals surface area contributed by atoms with Crippen LogP contribution in [0.25, 0.3) is 0 Å². The highest BCUT2D eigenvalue weighted by Gasteiger charge is 2.04. The van der Waals surface area contributed by atoms with Crippen LogP contribution in [-0.2, 0) is 13.6 Å². The Hall–Kier alpha value is -2.05. The summed E-state index contributed by atoms with van der Waals surface area (Å²) in [7, 11) is 1.91. The Labute approximate surface area is 86.7 Å². The van der Waals surface area contributed by atoms with Crippen molar-refractivity contribution < 1.29 is 0 Å². The Balaban J connectivity index is 2.02. The van der Waals surface area contributed by atoms with Crippen LogP contribution in [-0.4, -0.2) is 25.0 Å². The molecule has 4 N–H and O–H groups in total. The van der Waals surface area contributed by atoms with E-state index in [2.05, 4.69) is 25.6 Å². The SMILES string of the molecule is Cc1c(CNc2n[nH]c(N)n2)cnn1C. The molecule has 0 bridgehead atoms. The van der Waals surface area contributed by atoms with Crippen LogP contribution in [0, 0.1) is 6.92 Å². The Morgan fingerprint density at radius 3 is 2.93 bits per heavy atom. The van der Waals surface area contributed by atoms with Gasteiger partial charge in [-0.1, -0.05) is 0 Å². The molecule has 0 aliphatic heterocycles. The zero-order chi connectivity index (χ0) is 10.8. The van der Waals surface area contributed by atoms with Gasteiger partial charge in [-0.2, -0.15) is 10.1 Å². The van der Waals surface area contributed by atoms with Crippen LogP contribution in [0.4, 0.5) is 11.9 Å². The van der Waals surface area contributed by atoms with Gasteiger partial charge >= 0.3 is 0 Å². The summed E-state index contributed by atoms with van der Waals surface area (Å²) in [5, 5.41) is 13.6. The van der Waals surface area contributed by atoms with Crippen molar-refractivity contribution in [2.24, 2.45) is 7.05 Å². The fourth-order valence-electron chi connectivity index (χ4n) is 1.25. The van der Waals surface area contributed by atoms with Crippen molar-refractivity contribution in [2.75, 3.05) is 11.1 Å². The Kier molecular flexibility index (Phi) is 2.28. The molecule has 80 valence electrons. The molecule has 0 fully saturated rings. The highest BCUT2D eigenvalue weighted by Crippen LogP contribution is 2.08. The van der Waals surface area contributed by atoms with Gasteiger partial charge in [-0.25, -0.2) is 5.10 Å². The van der Waals surface area contributed by atoms with Crippen molar-refractivity contribution in [3.8, 4) is 0 Å². The summed E-state index contributed by atoms with van der Waals surface area (Å²) in [5.41, 5.74) is 7.62. The fourth-order valence-corrected chi connectivity index (χ4v) is 1.25. The van der Waals surface area contributed by atoms with Crippen molar-refractivity contribution in [1.29, 1.82) is 0 Å². The van der Waals surface area contributed by atoms with Crippen molar-refractivity contribution in [3.63, 3.8) is 0 Å². The molecule has 0 amide bonds. The molecule has 0 unspecified atom stereocenters. The molecular weight excluding hydrogens is 194 g/mol.